The normalized spacial score (nSPS) is 13.4. The third kappa shape index (κ3) is 5.16. The lowest BCUT2D eigenvalue weighted by Gasteiger charge is -2.18. The smallest absolute Gasteiger partial charge is 0.179 e. The van der Waals surface area contributed by atoms with Crippen molar-refractivity contribution in [3.8, 4) is 0 Å². The minimum Gasteiger partial charge on any atom is -0.392 e. The van der Waals surface area contributed by atoms with Crippen LogP contribution in [-0.2, 0) is 9.84 Å². The van der Waals surface area contributed by atoms with E-state index in [4.69, 9.17) is 18.0 Å². The van der Waals surface area contributed by atoms with Crippen LogP contribution in [0, 0.1) is 0 Å². The van der Waals surface area contributed by atoms with Crippen LogP contribution in [0.2, 0.25) is 0 Å². The maximum absolute atomic E-state index is 12.2. The maximum atomic E-state index is 12.2. The molecule has 112 valence electrons. The standard InChI is InChI=1S/C13H20N2O3S2/c1-10(16)9-15(2)6-7-20(17,18)12-5-3-4-11(8-12)13(14)19/h3-5,8,10,16H,6-7,9H2,1-2H3,(H2,14,19). The minimum atomic E-state index is -3.39. The Kier molecular flexibility index (Phi) is 6.07. The molecule has 0 amide bonds. The molecule has 0 saturated carbocycles. The average molecular weight is 316 g/mol. The molecule has 0 aliphatic rings. The molecule has 1 unspecified atom stereocenters. The first-order valence-electron chi connectivity index (χ1n) is 6.21. The van der Waals surface area contributed by atoms with Gasteiger partial charge in [-0.3, -0.25) is 0 Å². The Morgan fingerprint density at radius 2 is 2.15 bits per heavy atom. The zero-order valence-electron chi connectivity index (χ0n) is 11.6. The van der Waals surface area contributed by atoms with Crippen LogP contribution in [-0.4, -0.2) is 55.4 Å². The summed E-state index contributed by atoms with van der Waals surface area (Å²) in [6.45, 7) is 2.45. The van der Waals surface area contributed by atoms with E-state index in [1.807, 2.05) is 0 Å². The molecule has 0 bridgehead atoms. The van der Waals surface area contributed by atoms with E-state index in [1.165, 1.54) is 12.1 Å². The van der Waals surface area contributed by atoms with Gasteiger partial charge in [-0.05, 0) is 26.1 Å². The van der Waals surface area contributed by atoms with Crippen LogP contribution in [0.4, 0.5) is 0 Å². The average Bonchev–Trinajstić information content (AvgIpc) is 2.36. The van der Waals surface area contributed by atoms with Gasteiger partial charge in [0.2, 0.25) is 0 Å². The number of rotatable bonds is 7. The van der Waals surface area contributed by atoms with E-state index in [-0.39, 0.29) is 15.6 Å². The summed E-state index contributed by atoms with van der Waals surface area (Å²) >= 11 is 4.85. The number of hydrogen-bond donors (Lipinski definition) is 2. The summed E-state index contributed by atoms with van der Waals surface area (Å²) in [5.74, 6) is -0.0169. The first-order chi connectivity index (χ1) is 9.22. The predicted octanol–water partition coefficient (Wildman–Crippen LogP) is 0.407. The molecule has 1 atom stereocenters. The molecule has 0 aliphatic carbocycles. The molecule has 0 aromatic heterocycles. The van der Waals surface area contributed by atoms with Gasteiger partial charge in [0, 0.05) is 18.7 Å². The highest BCUT2D eigenvalue weighted by Gasteiger charge is 2.16. The van der Waals surface area contributed by atoms with E-state index < -0.39 is 15.9 Å². The zero-order valence-corrected chi connectivity index (χ0v) is 13.2. The number of nitrogens with zero attached hydrogens (tertiary/aromatic N) is 1. The number of aliphatic hydroxyl groups excluding tert-OH is 1. The molecule has 3 N–H and O–H groups in total. The van der Waals surface area contributed by atoms with E-state index in [0.717, 1.165) is 0 Å². The summed E-state index contributed by atoms with van der Waals surface area (Å²) in [5, 5.41) is 9.25. The first-order valence-corrected chi connectivity index (χ1v) is 8.27. The van der Waals surface area contributed by atoms with E-state index in [0.29, 0.717) is 18.7 Å². The molecule has 7 heteroatoms. The third-order valence-corrected chi connectivity index (χ3v) is 4.72. The van der Waals surface area contributed by atoms with Gasteiger partial charge >= 0.3 is 0 Å². The van der Waals surface area contributed by atoms with Gasteiger partial charge in [0.05, 0.1) is 16.8 Å². The fraction of sp³-hybridized carbons (Fsp3) is 0.462. The van der Waals surface area contributed by atoms with Crippen molar-refractivity contribution in [3.63, 3.8) is 0 Å². The molecule has 0 fully saturated rings. The van der Waals surface area contributed by atoms with Crippen molar-refractivity contribution in [3.05, 3.63) is 29.8 Å². The second-order valence-corrected chi connectivity index (χ2v) is 7.37. The van der Waals surface area contributed by atoms with Crippen molar-refractivity contribution >= 4 is 27.0 Å². The topological polar surface area (TPSA) is 83.6 Å². The molecule has 1 rings (SSSR count). The van der Waals surface area contributed by atoms with Gasteiger partial charge in [-0.15, -0.1) is 0 Å². The molecule has 5 nitrogen and oxygen atoms in total. The largest absolute Gasteiger partial charge is 0.392 e. The van der Waals surface area contributed by atoms with Crippen LogP contribution in [0.5, 0.6) is 0 Å². The fourth-order valence-corrected chi connectivity index (χ4v) is 3.29. The van der Waals surface area contributed by atoms with Crippen molar-refractivity contribution in [2.45, 2.75) is 17.9 Å². The molecule has 0 saturated heterocycles. The lowest BCUT2D eigenvalue weighted by atomic mass is 10.2. The molecular formula is C13H20N2O3S2. The Labute approximate surface area is 125 Å². The van der Waals surface area contributed by atoms with Crippen LogP contribution in [0.15, 0.2) is 29.2 Å². The second-order valence-electron chi connectivity index (χ2n) is 4.82. The number of nitrogens with two attached hydrogens (primary N) is 1. The van der Waals surface area contributed by atoms with Crippen molar-refractivity contribution in [1.29, 1.82) is 0 Å². The number of sulfone groups is 1. The van der Waals surface area contributed by atoms with Crippen molar-refractivity contribution in [2.75, 3.05) is 25.9 Å². The maximum Gasteiger partial charge on any atom is 0.179 e. The van der Waals surface area contributed by atoms with Gasteiger partial charge in [0.15, 0.2) is 9.84 Å². The minimum absolute atomic E-state index is 0.0169. The number of aliphatic hydroxyl groups is 1. The van der Waals surface area contributed by atoms with Crippen molar-refractivity contribution in [2.24, 2.45) is 5.73 Å². The van der Waals surface area contributed by atoms with Crippen LogP contribution in [0.25, 0.3) is 0 Å². The van der Waals surface area contributed by atoms with E-state index in [9.17, 15) is 13.5 Å². The second kappa shape index (κ2) is 7.12. The first kappa shape index (κ1) is 17.0. The number of hydrogen-bond acceptors (Lipinski definition) is 5. The highest BCUT2D eigenvalue weighted by atomic mass is 32.2. The molecular weight excluding hydrogens is 296 g/mol. The van der Waals surface area contributed by atoms with Gasteiger partial charge in [0.25, 0.3) is 0 Å². The summed E-state index contributed by atoms with van der Waals surface area (Å²) in [5.41, 5.74) is 6.04. The van der Waals surface area contributed by atoms with Crippen LogP contribution in [0.1, 0.15) is 12.5 Å². The van der Waals surface area contributed by atoms with Gasteiger partial charge in [-0.25, -0.2) is 8.42 Å². The molecule has 20 heavy (non-hydrogen) atoms. The summed E-state index contributed by atoms with van der Waals surface area (Å²) in [6.07, 6.45) is -0.486. The Balaban J connectivity index is 2.79. The quantitative estimate of drug-likeness (QED) is 0.709. The SMILES string of the molecule is CC(O)CN(C)CCS(=O)(=O)c1cccc(C(N)=S)c1. The molecule has 0 spiro atoms. The summed E-state index contributed by atoms with van der Waals surface area (Å²) < 4.78 is 24.4. The predicted molar refractivity (Wildman–Crippen MR) is 83.6 cm³/mol. The van der Waals surface area contributed by atoms with E-state index in [1.54, 1.807) is 31.0 Å². The highest BCUT2D eigenvalue weighted by Crippen LogP contribution is 2.13. The lowest BCUT2D eigenvalue weighted by Crippen LogP contribution is -2.31. The fourth-order valence-electron chi connectivity index (χ4n) is 1.78. The number of likely N-dealkylation sites (N-methyl/N-ethyl adjacent to an activating group) is 1. The molecule has 1 aromatic rings. The summed E-state index contributed by atoms with van der Waals surface area (Å²) in [4.78, 5) is 2.17. The Morgan fingerprint density at radius 3 is 2.70 bits per heavy atom. The van der Waals surface area contributed by atoms with Crippen LogP contribution < -0.4 is 5.73 Å². The monoisotopic (exact) mass is 316 g/mol. The van der Waals surface area contributed by atoms with Crippen molar-refractivity contribution in [1.82, 2.24) is 4.90 Å². The van der Waals surface area contributed by atoms with E-state index in [2.05, 4.69) is 0 Å². The lowest BCUT2D eigenvalue weighted by molar-refractivity contribution is 0.145. The van der Waals surface area contributed by atoms with Gasteiger partial charge < -0.3 is 15.7 Å². The number of benzene rings is 1. The van der Waals surface area contributed by atoms with Crippen LogP contribution in [0.3, 0.4) is 0 Å². The zero-order chi connectivity index (χ0) is 15.3. The molecule has 0 radical (unpaired) electrons. The molecule has 0 aliphatic heterocycles. The van der Waals surface area contributed by atoms with Crippen LogP contribution >= 0.6 is 12.2 Å². The van der Waals surface area contributed by atoms with Gasteiger partial charge in [-0.2, -0.15) is 0 Å². The van der Waals surface area contributed by atoms with Gasteiger partial charge in [0.1, 0.15) is 4.99 Å². The molecule has 0 heterocycles. The Morgan fingerprint density at radius 1 is 1.50 bits per heavy atom. The summed E-state index contributed by atoms with van der Waals surface area (Å²) in [7, 11) is -1.61. The Hall–Kier alpha value is -1.02. The van der Waals surface area contributed by atoms with Crippen molar-refractivity contribution < 1.29 is 13.5 Å². The van der Waals surface area contributed by atoms with E-state index >= 15 is 0 Å². The van der Waals surface area contributed by atoms with Gasteiger partial charge in [-0.1, -0.05) is 24.4 Å². The molecule has 1 aromatic carbocycles. The number of thiocarbonyl (C=S) groups is 1. The highest BCUT2D eigenvalue weighted by molar-refractivity contribution is 7.91. The Bertz CT molecular complexity index is 571. The summed E-state index contributed by atoms with van der Waals surface area (Å²) in [6, 6.07) is 6.33. The third-order valence-electron chi connectivity index (χ3n) is 2.80.